The van der Waals surface area contributed by atoms with Crippen LogP contribution in [0, 0.1) is 0 Å². The maximum absolute atomic E-state index is 13.0. The van der Waals surface area contributed by atoms with Crippen LogP contribution in [0.1, 0.15) is 53.6 Å². The number of benzene rings is 1. The monoisotopic (exact) mass is 428 g/mol. The van der Waals surface area contributed by atoms with Crippen LogP contribution in [-0.4, -0.2) is 21.6 Å². The summed E-state index contributed by atoms with van der Waals surface area (Å²) < 4.78 is 7.48. The number of carboxylic acids is 1. The third-order valence-corrected chi connectivity index (χ3v) is 5.16. The van der Waals surface area contributed by atoms with Gasteiger partial charge in [-0.1, -0.05) is 31.5 Å². The normalized spacial score (nSPS) is 11.1. The molecule has 0 atom stereocenters. The number of hydrogen-bond donors (Lipinski definition) is 2. The number of nitrogens with zero attached hydrogens (tertiary/aromatic N) is 1. The Hall–Kier alpha value is -2.99. The van der Waals surface area contributed by atoms with Crippen molar-refractivity contribution in [3.05, 3.63) is 76.5 Å². The molecule has 0 saturated carbocycles. The summed E-state index contributed by atoms with van der Waals surface area (Å²) in [5.41, 5.74) is 2.51. The second-order valence-corrected chi connectivity index (χ2v) is 7.89. The maximum atomic E-state index is 13.0. The van der Waals surface area contributed by atoms with Gasteiger partial charge in [-0.3, -0.25) is 9.59 Å². The van der Waals surface area contributed by atoms with E-state index < -0.39 is 5.97 Å². The molecule has 0 aliphatic rings. The van der Waals surface area contributed by atoms with Gasteiger partial charge in [0.25, 0.3) is 5.91 Å². The van der Waals surface area contributed by atoms with Gasteiger partial charge in [-0.15, -0.1) is 0 Å². The standard InChI is InChI=1S/C23H25ClN2O4/c1-15(2)22-18(9-11-26(22)10-3-5-17-6-4-12-30-17)23(29)25-20-13-16(14-21(27)28)7-8-19(20)24/h4,6-9,11-13,15H,3,5,10,14H2,1-2H3,(H,25,29)(H,27,28). The van der Waals surface area contributed by atoms with E-state index in [4.69, 9.17) is 21.1 Å². The molecule has 0 fully saturated rings. The smallest absolute Gasteiger partial charge is 0.307 e. The number of carboxylic acid groups (broad SMARTS) is 1. The van der Waals surface area contributed by atoms with Gasteiger partial charge in [0.1, 0.15) is 5.76 Å². The van der Waals surface area contributed by atoms with E-state index in [1.165, 1.54) is 0 Å². The molecule has 2 N–H and O–H groups in total. The predicted octanol–water partition coefficient (Wildman–Crippen LogP) is 5.37. The Morgan fingerprint density at radius 2 is 2.03 bits per heavy atom. The number of anilines is 1. The van der Waals surface area contributed by atoms with Gasteiger partial charge in [-0.05, 0) is 48.2 Å². The van der Waals surface area contributed by atoms with Crippen LogP contribution in [0.5, 0.6) is 0 Å². The fourth-order valence-electron chi connectivity index (χ4n) is 3.54. The minimum Gasteiger partial charge on any atom is -0.481 e. The number of hydrogen-bond acceptors (Lipinski definition) is 3. The van der Waals surface area contributed by atoms with Crippen molar-refractivity contribution in [2.24, 2.45) is 0 Å². The Bertz CT molecular complexity index is 1020. The van der Waals surface area contributed by atoms with E-state index in [2.05, 4.69) is 23.7 Å². The zero-order valence-electron chi connectivity index (χ0n) is 17.0. The molecule has 6 nitrogen and oxygen atoms in total. The molecule has 0 bridgehead atoms. The van der Waals surface area contributed by atoms with Gasteiger partial charge in [0.05, 0.1) is 29.0 Å². The van der Waals surface area contributed by atoms with Crippen LogP contribution < -0.4 is 5.32 Å². The Labute approximate surface area is 180 Å². The molecule has 1 aromatic carbocycles. The first kappa shape index (κ1) is 21.7. The highest BCUT2D eigenvalue weighted by Gasteiger charge is 2.19. The number of amides is 1. The number of nitrogens with one attached hydrogen (secondary N) is 1. The minimum atomic E-state index is -0.941. The third kappa shape index (κ3) is 5.33. The molecular weight excluding hydrogens is 404 g/mol. The van der Waals surface area contributed by atoms with E-state index >= 15 is 0 Å². The number of aliphatic carboxylic acids is 1. The lowest BCUT2D eigenvalue weighted by molar-refractivity contribution is -0.136. The largest absolute Gasteiger partial charge is 0.481 e. The number of aryl methyl sites for hydroxylation is 2. The van der Waals surface area contributed by atoms with Crippen LogP contribution in [0.15, 0.2) is 53.3 Å². The van der Waals surface area contributed by atoms with E-state index in [1.54, 1.807) is 24.5 Å². The quantitative estimate of drug-likeness (QED) is 0.479. The molecule has 158 valence electrons. The van der Waals surface area contributed by atoms with Crippen molar-refractivity contribution in [2.45, 2.75) is 45.6 Å². The van der Waals surface area contributed by atoms with Crippen molar-refractivity contribution in [1.29, 1.82) is 0 Å². The first-order valence-electron chi connectivity index (χ1n) is 9.88. The fourth-order valence-corrected chi connectivity index (χ4v) is 3.70. The van der Waals surface area contributed by atoms with Crippen molar-refractivity contribution < 1.29 is 19.1 Å². The fraction of sp³-hybridized carbons (Fsp3) is 0.304. The summed E-state index contributed by atoms with van der Waals surface area (Å²) in [6, 6.07) is 10.5. The minimum absolute atomic E-state index is 0.136. The highest BCUT2D eigenvalue weighted by atomic mass is 35.5. The number of rotatable bonds is 9. The zero-order valence-corrected chi connectivity index (χ0v) is 17.8. The lowest BCUT2D eigenvalue weighted by Gasteiger charge is -2.15. The molecule has 0 aliphatic heterocycles. The van der Waals surface area contributed by atoms with E-state index in [9.17, 15) is 9.59 Å². The van der Waals surface area contributed by atoms with Crippen molar-refractivity contribution in [3.63, 3.8) is 0 Å². The molecular formula is C23H25ClN2O4. The summed E-state index contributed by atoms with van der Waals surface area (Å²) in [7, 11) is 0. The summed E-state index contributed by atoms with van der Waals surface area (Å²) in [5.74, 6) is -0.110. The number of carbonyl (C=O) groups is 2. The summed E-state index contributed by atoms with van der Waals surface area (Å²) >= 11 is 6.21. The van der Waals surface area contributed by atoms with Crippen LogP contribution >= 0.6 is 11.6 Å². The zero-order chi connectivity index (χ0) is 21.7. The Morgan fingerprint density at radius 1 is 1.23 bits per heavy atom. The Kier molecular flexibility index (Phi) is 7.00. The molecule has 3 rings (SSSR count). The second-order valence-electron chi connectivity index (χ2n) is 7.48. The summed E-state index contributed by atoms with van der Waals surface area (Å²) in [4.78, 5) is 23.9. The van der Waals surface area contributed by atoms with E-state index in [0.717, 1.165) is 30.8 Å². The molecule has 1 amide bonds. The summed E-state index contributed by atoms with van der Waals surface area (Å²) in [6.07, 6.45) is 5.18. The van der Waals surface area contributed by atoms with Crippen LogP contribution in [0.3, 0.4) is 0 Å². The topological polar surface area (TPSA) is 84.5 Å². The maximum Gasteiger partial charge on any atom is 0.307 e. The van der Waals surface area contributed by atoms with Crippen LogP contribution in [0.25, 0.3) is 0 Å². The summed E-state index contributed by atoms with van der Waals surface area (Å²) in [6.45, 7) is 4.88. The molecule has 3 aromatic rings. The molecule has 7 heteroatoms. The van der Waals surface area contributed by atoms with Gasteiger partial charge >= 0.3 is 5.97 Å². The average molecular weight is 429 g/mol. The number of furan rings is 1. The lowest BCUT2D eigenvalue weighted by atomic mass is 10.0. The van der Waals surface area contributed by atoms with Crippen molar-refractivity contribution in [3.8, 4) is 0 Å². The predicted molar refractivity (Wildman–Crippen MR) is 116 cm³/mol. The van der Waals surface area contributed by atoms with Gasteiger partial charge in [-0.2, -0.15) is 0 Å². The van der Waals surface area contributed by atoms with Crippen molar-refractivity contribution in [1.82, 2.24) is 4.57 Å². The van der Waals surface area contributed by atoms with Gasteiger partial charge < -0.3 is 19.4 Å². The average Bonchev–Trinajstić information content (AvgIpc) is 3.34. The number of halogens is 1. The highest BCUT2D eigenvalue weighted by molar-refractivity contribution is 6.34. The van der Waals surface area contributed by atoms with Crippen LogP contribution in [0.4, 0.5) is 5.69 Å². The van der Waals surface area contributed by atoms with Gasteiger partial charge in [0.15, 0.2) is 0 Å². The second kappa shape index (κ2) is 9.67. The SMILES string of the molecule is CC(C)c1c(C(=O)Nc2cc(CC(=O)O)ccc2Cl)ccn1CCCc1ccco1. The van der Waals surface area contributed by atoms with Crippen molar-refractivity contribution in [2.75, 3.05) is 5.32 Å². The molecule has 0 spiro atoms. The Morgan fingerprint density at radius 3 is 2.70 bits per heavy atom. The third-order valence-electron chi connectivity index (χ3n) is 4.83. The number of aromatic nitrogens is 1. The molecule has 2 aromatic heterocycles. The molecule has 0 saturated heterocycles. The van der Waals surface area contributed by atoms with Crippen molar-refractivity contribution >= 4 is 29.2 Å². The molecule has 0 aliphatic carbocycles. The van der Waals surface area contributed by atoms with E-state index in [-0.39, 0.29) is 18.2 Å². The Balaban J connectivity index is 1.75. The highest BCUT2D eigenvalue weighted by Crippen LogP contribution is 2.27. The van der Waals surface area contributed by atoms with Gasteiger partial charge in [-0.25, -0.2) is 0 Å². The summed E-state index contributed by atoms with van der Waals surface area (Å²) in [5, 5.41) is 12.2. The first-order valence-corrected chi connectivity index (χ1v) is 10.3. The molecule has 30 heavy (non-hydrogen) atoms. The molecule has 2 heterocycles. The molecule has 0 radical (unpaired) electrons. The van der Waals surface area contributed by atoms with Crippen LogP contribution in [0.2, 0.25) is 5.02 Å². The lowest BCUT2D eigenvalue weighted by Crippen LogP contribution is -2.16. The number of carbonyl (C=O) groups excluding carboxylic acids is 1. The van der Waals surface area contributed by atoms with Gasteiger partial charge in [0, 0.05) is 24.9 Å². The van der Waals surface area contributed by atoms with E-state index in [1.807, 2.05) is 24.4 Å². The van der Waals surface area contributed by atoms with E-state index in [0.29, 0.717) is 21.8 Å². The van der Waals surface area contributed by atoms with Gasteiger partial charge in [0.2, 0.25) is 0 Å². The van der Waals surface area contributed by atoms with Crippen LogP contribution in [-0.2, 0) is 24.2 Å². The molecule has 0 unspecified atom stereocenters. The first-order chi connectivity index (χ1) is 14.3.